The molecule has 1 aliphatic rings. The first-order chi connectivity index (χ1) is 12.3. The van der Waals surface area contributed by atoms with Crippen LogP contribution in [0, 0.1) is 5.92 Å². The van der Waals surface area contributed by atoms with Crippen LogP contribution in [0.4, 0.5) is 5.13 Å². The van der Waals surface area contributed by atoms with Crippen LogP contribution in [0.5, 0.6) is 0 Å². The number of rotatable bonds is 5. The fraction of sp³-hybridized carbons (Fsp3) is 0.238. The Kier molecular flexibility index (Phi) is 4.61. The van der Waals surface area contributed by atoms with Crippen LogP contribution < -0.4 is 5.32 Å². The smallest absolute Gasteiger partial charge is 0.229 e. The van der Waals surface area contributed by atoms with Crippen LogP contribution in [0.25, 0.3) is 11.3 Å². The average molecular weight is 348 g/mol. The molecule has 0 atom stereocenters. The minimum Gasteiger partial charge on any atom is -0.302 e. The molecule has 1 heterocycles. The van der Waals surface area contributed by atoms with Gasteiger partial charge in [-0.25, -0.2) is 4.98 Å². The molecule has 1 saturated carbocycles. The van der Waals surface area contributed by atoms with Crippen LogP contribution >= 0.6 is 11.3 Å². The van der Waals surface area contributed by atoms with Gasteiger partial charge in [-0.1, -0.05) is 61.0 Å². The summed E-state index contributed by atoms with van der Waals surface area (Å²) < 4.78 is 0. The highest BCUT2D eigenvalue weighted by Gasteiger charge is 2.25. The second-order valence-electron chi connectivity index (χ2n) is 6.51. The average Bonchev–Trinajstić information content (AvgIpc) is 3.03. The van der Waals surface area contributed by atoms with Gasteiger partial charge >= 0.3 is 0 Å². The third-order valence-corrected chi connectivity index (χ3v) is 5.47. The molecule has 1 aromatic heterocycles. The third kappa shape index (κ3) is 3.80. The van der Waals surface area contributed by atoms with Gasteiger partial charge in [0.25, 0.3) is 0 Å². The van der Waals surface area contributed by atoms with E-state index in [2.05, 4.69) is 58.8 Å². The van der Waals surface area contributed by atoms with Crippen LogP contribution in [0.3, 0.4) is 0 Å². The molecular weight excluding hydrogens is 328 g/mol. The molecule has 2 aromatic carbocycles. The van der Waals surface area contributed by atoms with E-state index in [1.54, 1.807) is 0 Å². The number of anilines is 1. The SMILES string of the molecule is O=C(Nc1nc(-c2ccc(Cc3ccccc3)cc2)cs1)C1CCC1. The van der Waals surface area contributed by atoms with E-state index in [4.69, 9.17) is 0 Å². The lowest BCUT2D eigenvalue weighted by atomic mass is 9.85. The molecule has 0 saturated heterocycles. The fourth-order valence-corrected chi connectivity index (χ4v) is 3.69. The number of thiazole rings is 1. The Balaban J connectivity index is 1.42. The zero-order valence-electron chi connectivity index (χ0n) is 13.9. The maximum Gasteiger partial charge on any atom is 0.229 e. The highest BCUT2D eigenvalue weighted by atomic mass is 32.1. The number of carbonyl (C=O) groups is 1. The summed E-state index contributed by atoms with van der Waals surface area (Å²) in [6.45, 7) is 0. The standard InChI is InChI=1S/C21H20N2OS/c24-20(18-7-4-8-18)23-21-22-19(14-25-21)17-11-9-16(10-12-17)13-15-5-2-1-3-6-15/h1-3,5-6,9-12,14,18H,4,7-8,13H2,(H,22,23,24). The zero-order chi connectivity index (χ0) is 17.1. The topological polar surface area (TPSA) is 42.0 Å². The molecule has 25 heavy (non-hydrogen) atoms. The quantitative estimate of drug-likeness (QED) is 0.694. The molecule has 0 aliphatic heterocycles. The van der Waals surface area contributed by atoms with Gasteiger partial charge in [0.2, 0.25) is 5.91 Å². The second-order valence-corrected chi connectivity index (χ2v) is 7.37. The van der Waals surface area contributed by atoms with Gasteiger partial charge in [0.1, 0.15) is 0 Å². The number of carbonyl (C=O) groups excluding carboxylic acids is 1. The van der Waals surface area contributed by atoms with E-state index < -0.39 is 0 Å². The highest BCUT2D eigenvalue weighted by Crippen LogP contribution is 2.30. The predicted molar refractivity (Wildman–Crippen MR) is 103 cm³/mol. The maximum atomic E-state index is 12.0. The van der Waals surface area contributed by atoms with Crippen LogP contribution in [0.1, 0.15) is 30.4 Å². The van der Waals surface area contributed by atoms with E-state index in [0.717, 1.165) is 36.9 Å². The van der Waals surface area contributed by atoms with Gasteiger partial charge < -0.3 is 5.32 Å². The van der Waals surface area contributed by atoms with Crippen molar-refractivity contribution in [1.29, 1.82) is 0 Å². The Bertz CT molecular complexity index is 851. The number of nitrogens with zero attached hydrogens (tertiary/aromatic N) is 1. The van der Waals surface area contributed by atoms with Crippen molar-refractivity contribution in [3.8, 4) is 11.3 Å². The molecule has 0 spiro atoms. The largest absolute Gasteiger partial charge is 0.302 e. The molecule has 4 rings (SSSR count). The monoisotopic (exact) mass is 348 g/mol. The van der Waals surface area contributed by atoms with E-state index in [-0.39, 0.29) is 11.8 Å². The van der Waals surface area contributed by atoms with E-state index in [1.807, 2.05) is 11.4 Å². The molecule has 126 valence electrons. The molecule has 1 aliphatic carbocycles. The normalized spacial score (nSPS) is 14.1. The minimum absolute atomic E-state index is 0.116. The van der Waals surface area contributed by atoms with Gasteiger partial charge in [0, 0.05) is 16.9 Å². The Morgan fingerprint density at radius 1 is 1.04 bits per heavy atom. The lowest BCUT2D eigenvalue weighted by Crippen LogP contribution is -2.27. The molecule has 1 fully saturated rings. The van der Waals surface area contributed by atoms with Crippen LogP contribution in [-0.2, 0) is 11.2 Å². The molecule has 0 unspecified atom stereocenters. The van der Waals surface area contributed by atoms with E-state index >= 15 is 0 Å². The summed E-state index contributed by atoms with van der Waals surface area (Å²) in [6.07, 6.45) is 4.11. The highest BCUT2D eigenvalue weighted by molar-refractivity contribution is 7.14. The van der Waals surface area contributed by atoms with E-state index in [1.165, 1.54) is 22.5 Å². The van der Waals surface area contributed by atoms with Crippen molar-refractivity contribution < 1.29 is 4.79 Å². The molecular formula is C21H20N2OS. The molecule has 3 nitrogen and oxygen atoms in total. The lowest BCUT2D eigenvalue weighted by Gasteiger charge is -2.23. The summed E-state index contributed by atoms with van der Waals surface area (Å²) in [4.78, 5) is 16.6. The summed E-state index contributed by atoms with van der Waals surface area (Å²) in [5.41, 5.74) is 4.59. The number of amides is 1. The predicted octanol–water partition coefficient (Wildman–Crippen LogP) is 5.14. The van der Waals surface area contributed by atoms with E-state index in [0.29, 0.717) is 5.13 Å². The molecule has 3 aromatic rings. The molecule has 1 N–H and O–H groups in total. The lowest BCUT2D eigenvalue weighted by molar-refractivity contribution is -0.122. The third-order valence-electron chi connectivity index (χ3n) is 4.71. The van der Waals surface area contributed by atoms with Crippen molar-refractivity contribution in [2.45, 2.75) is 25.7 Å². The number of nitrogens with one attached hydrogen (secondary N) is 1. The van der Waals surface area contributed by atoms with Gasteiger partial charge in [-0.15, -0.1) is 11.3 Å². The number of benzene rings is 2. The van der Waals surface area contributed by atoms with Gasteiger partial charge in [-0.2, -0.15) is 0 Å². The van der Waals surface area contributed by atoms with Crippen molar-refractivity contribution in [1.82, 2.24) is 4.98 Å². The Hall–Kier alpha value is -2.46. The van der Waals surface area contributed by atoms with Crippen molar-refractivity contribution in [3.63, 3.8) is 0 Å². The zero-order valence-corrected chi connectivity index (χ0v) is 14.8. The summed E-state index contributed by atoms with van der Waals surface area (Å²) in [7, 11) is 0. The van der Waals surface area contributed by atoms with Crippen molar-refractivity contribution in [2.75, 3.05) is 5.32 Å². The summed E-state index contributed by atoms with van der Waals surface area (Å²) in [6, 6.07) is 19.0. The van der Waals surface area contributed by atoms with Gasteiger partial charge in [-0.05, 0) is 30.4 Å². The van der Waals surface area contributed by atoms with Gasteiger partial charge in [0.15, 0.2) is 5.13 Å². The minimum atomic E-state index is 0.116. The van der Waals surface area contributed by atoms with Gasteiger partial charge in [0.05, 0.1) is 5.69 Å². The Morgan fingerprint density at radius 3 is 2.44 bits per heavy atom. The summed E-state index contributed by atoms with van der Waals surface area (Å²) >= 11 is 1.49. The van der Waals surface area contributed by atoms with Crippen molar-refractivity contribution >= 4 is 22.4 Å². The first kappa shape index (κ1) is 16.0. The fourth-order valence-electron chi connectivity index (χ4n) is 2.97. The van der Waals surface area contributed by atoms with Crippen LogP contribution in [0.2, 0.25) is 0 Å². The van der Waals surface area contributed by atoms with Crippen LogP contribution in [-0.4, -0.2) is 10.9 Å². The second kappa shape index (κ2) is 7.19. The number of aromatic nitrogens is 1. The molecule has 4 heteroatoms. The summed E-state index contributed by atoms with van der Waals surface area (Å²) in [5.74, 6) is 0.301. The number of hydrogen-bond acceptors (Lipinski definition) is 3. The Labute approximate surface area is 151 Å². The first-order valence-corrected chi connectivity index (χ1v) is 9.55. The van der Waals surface area contributed by atoms with Gasteiger partial charge in [-0.3, -0.25) is 4.79 Å². The van der Waals surface area contributed by atoms with E-state index in [9.17, 15) is 4.79 Å². The summed E-state index contributed by atoms with van der Waals surface area (Å²) in [5, 5.41) is 5.64. The van der Waals surface area contributed by atoms with Crippen molar-refractivity contribution in [2.24, 2.45) is 5.92 Å². The first-order valence-electron chi connectivity index (χ1n) is 8.67. The maximum absolute atomic E-state index is 12.0. The molecule has 0 radical (unpaired) electrons. The number of hydrogen-bond donors (Lipinski definition) is 1. The van der Waals surface area contributed by atoms with Crippen molar-refractivity contribution in [3.05, 3.63) is 71.1 Å². The molecule has 0 bridgehead atoms. The Morgan fingerprint density at radius 2 is 1.76 bits per heavy atom. The molecule has 1 amide bonds. The van der Waals surface area contributed by atoms with Crippen LogP contribution in [0.15, 0.2) is 60.0 Å².